The second kappa shape index (κ2) is 6.19. The molecule has 0 aromatic heterocycles. The van der Waals surface area contributed by atoms with Crippen molar-refractivity contribution in [2.24, 2.45) is 0 Å². The fourth-order valence-corrected chi connectivity index (χ4v) is 5.83. The van der Waals surface area contributed by atoms with Crippen LogP contribution in [0.25, 0.3) is 0 Å². The molecule has 1 spiro atoms. The minimum absolute atomic E-state index is 0.0627. The second-order valence-corrected chi connectivity index (χ2v) is 8.77. The van der Waals surface area contributed by atoms with E-state index in [1.165, 1.54) is 0 Å². The van der Waals surface area contributed by atoms with Crippen molar-refractivity contribution in [2.45, 2.75) is 36.6 Å². The number of anilines is 1. The van der Waals surface area contributed by atoms with Crippen molar-refractivity contribution in [3.8, 4) is 0 Å². The van der Waals surface area contributed by atoms with Crippen molar-refractivity contribution in [3.05, 3.63) is 102 Å². The van der Waals surface area contributed by atoms with Gasteiger partial charge >= 0.3 is 0 Å². The lowest BCUT2D eigenvalue weighted by Crippen LogP contribution is -2.43. The molecule has 0 bridgehead atoms. The Balaban J connectivity index is 1.52. The van der Waals surface area contributed by atoms with Crippen LogP contribution in [0.1, 0.15) is 42.1 Å². The van der Waals surface area contributed by atoms with Gasteiger partial charge in [0.25, 0.3) is 0 Å². The largest absolute Gasteiger partial charge is 0.377 e. The Kier molecular flexibility index (Phi) is 3.66. The average molecular weight is 396 g/mol. The van der Waals surface area contributed by atoms with Gasteiger partial charge in [0.15, 0.2) is 0 Å². The molecule has 3 aromatic carbocycles. The van der Waals surface area contributed by atoms with Gasteiger partial charge in [0.05, 0.1) is 18.7 Å². The van der Waals surface area contributed by atoms with E-state index in [9.17, 15) is 4.79 Å². The van der Waals surface area contributed by atoms with Crippen molar-refractivity contribution in [1.82, 2.24) is 4.90 Å². The summed E-state index contributed by atoms with van der Waals surface area (Å²) < 4.78 is 6.37. The number of nitrogens with one attached hydrogen (secondary N) is 1. The van der Waals surface area contributed by atoms with Crippen LogP contribution in [0.4, 0.5) is 5.69 Å². The minimum Gasteiger partial charge on any atom is -0.377 e. The molecule has 3 heterocycles. The van der Waals surface area contributed by atoms with Crippen LogP contribution in [0.2, 0.25) is 0 Å². The zero-order valence-corrected chi connectivity index (χ0v) is 16.9. The zero-order chi connectivity index (χ0) is 20.3. The van der Waals surface area contributed by atoms with E-state index in [0.717, 1.165) is 22.4 Å². The summed E-state index contributed by atoms with van der Waals surface area (Å²) in [6.07, 6.45) is 0.631. The van der Waals surface area contributed by atoms with Crippen molar-refractivity contribution in [3.63, 3.8) is 0 Å². The van der Waals surface area contributed by atoms with Gasteiger partial charge in [-0.05, 0) is 29.7 Å². The molecule has 0 aliphatic carbocycles. The van der Waals surface area contributed by atoms with Crippen LogP contribution >= 0.6 is 0 Å². The van der Waals surface area contributed by atoms with E-state index in [1.54, 1.807) is 0 Å². The summed E-state index contributed by atoms with van der Waals surface area (Å²) in [5.41, 5.74) is 3.07. The first-order valence-corrected chi connectivity index (χ1v) is 10.6. The number of rotatable bonds is 2. The zero-order valence-electron chi connectivity index (χ0n) is 16.9. The van der Waals surface area contributed by atoms with Crippen molar-refractivity contribution >= 4 is 11.6 Å². The van der Waals surface area contributed by atoms with Crippen LogP contribution in [0.3, 0.4) is 0 Å². The van der Waals surface area contributed by atoms with Crippen LogP contribution in [-0.4, -0.2) is 23.1 Å². The van der Waals surface area contributed by atoms with E-state index in [0.29, 0.717) is 13.0 Å². The molecule has 2 saturated heterocycles. The standard InChI is InChI=1S/C26H24N2O2/c1-25-17-26(24(29)28(25)22(16-30-25)18-10-4-2-5-11-18)20-14-8-9-15-21(20)27-23(26)19-12-6-3-7-13-19/h2-15,22-23,27H,16-17H2,1H3/t22-,23-,25-,26-/m1/s1. The fraction of sp³-hybridized carbons (Fsp3) is 0.269. The Morgan fingerprint density at radius 2 is 1.53 bits per heavy atom. The Morgan fingerprint density at radius 1 is 0.900 bits per heavy atom. The van der Waals surface area contributed by atoms with E-state index in [1.807, 2.05) is 53.4 Å². The molecule has 150 valence electrons. The number of para-hydroxylation sites is 1. The third kappa shape index (κ3) is 2.23. The lowest BCUT2D eigenvalue weighted by molar-refractivity contribution is -0.139. The van der Waals surface area contributed by atoms with Crippen LogP contribution in [0, 0.1) is 0 Å². The molecule has 0 unspecified atom stereocenters. The maximum Gasteiger partial charge on any atom is 0.238 e. The average Bonchev–Trinajstić information content (AvgIpc) is 3.38. The summed E-state index contributed by atoms with van der Waals surface area (Å²) >= 11 is 0. The third-order valence-corrected chi connectivity index (χ3v) is 7.10. The summed E-state index contributed by atoms with van der Waals surface area (Å²) in [6.45, 7) is 2.61. The summed E-state index contributed by atoms with van der Waals surface area (Å²) in [6, 6.07) is 28.6. The quantitative estimate of drug-likeness (QED) is 0.676. The van der Waals surface area contributed by atoms with Crippen LogP contribution in [0.5, 0.6) is 0 Å². The first kappa shape index (κ1) is 17.7. The molecule has 3 aromatic rings. The number of nitrogens with zero attached hydrogens (tertiary/aromatic N) is 1. The van der Waals surface area contributed by atoms with E-state index < -0.39 is 11.1 Å². The molecule has 4 atom stereocenters. The van der Waals surface area contributed by atoms with Gasteiger partial charge in [-0.1, -0.05) is 78.9 Å². The van der Waals surface area contributed by atoms with Gasteiger partial charge in [0.1, 0.15) is 11.1 Å². The third-order valence-electron chi connectivity index (χ3n) is 7.10. The second-order valence-electron chi connectivity index (χ2n) is 8.77. The number of carbonyl (C=O) groups excluding carboxylic acids is 1. The number of fused-ring (bicyclic) bond motifs is 3. The summed E-state index contributed by atoms with van der Waals surface area (Å²) in [7, 11) is 0. The molecule has 4 nitrogen and oxygen atoms in total. The molecular formula is C26H24N2O2. The molecule has 0 saturated carbocycles. The molecule has 3 aliphatic heterocycles. The number of hydrogen-bond acceptors (Lipinski definition) is 3. The van der Waals surface area contributed by atoms with E-state index in [4.69, 9.17) is 4.74 Å². The van der Waals surface area contributed by atoms with Crippen LogP contribution in [-0.2, 0) is 14.9 Å². The van der Waals surface area contributed by atoms with Crippen molar-refractivity contribution < 1.29 is 9.53 Å². The smallest absolute Gasteiger partial charge is 0.238 e. The van der Waals surface area contributed by atoms with Crippen LogP contribution in [0.15, 0.2) is 84.9 Å². The Bertz CT molecular complexity index is 1120. The molecule has 30 heavy (non-hydrogen) atoms. The van der Waals surface area contributed by atoms with Gasteiger partial charge in [-0.15, -0.1) is 0 Å². The van der Waals surface area contributed by atoms with Gasteiger partial charge in [-0.25, -0.2) is 0 Å². The van der Waals surface area contributed by atoms with E-state index in [2.05, 4.69) is 48.6 Å². The van der Waals surface area contributed by atoms with Gasteiger partial charge < -0.3 is 15.0 Å². The molecule has 1 amide bonds. The van der Waals surface area contributed by atoms with Gasteiger partial charge in [-0.2, -0.15) is 0 Å². The predicted octanol–water partition coefficient (Wildman–Crippen LogP) is 4.81. The molecule has 0 radical (unpaired) electrons. The summed E-state index contributed by atoms with van der Waals surface area (Å²) in [5.74, 6) is 0.155. The summed E-state index contributed by atoms with van der Waals surface area (Å²) in [5, 5.41) is 3.67. The maximum absolute atomic E-state index is 14.4. The first-order valence-electron chi connectivity index (χ1n) is 10.6. The molecule has 6 rings (SSSR count). The monoisotopic (exact) mass is 396 g/mol. The van der Waals surface area contributed by atoms with Gasteiger partial charge in [0, 0.05) is 12.1 Å². The number of carbonyl (C=O) groups is 1. The number of hydrogen-bond donors (Lipinski definition) is 1. The van der Waals surface area contributed by atoms with E-state index in [-0.39, 0.29) is 18.0 Å². The first-order chi connectivity index (χ1) is 14.6. The highest BCUT2D eigenvalue weighted by Crippen LogP contribution is 2.61. The normalized spacial score (nSPS) is 31.6. The molecule has 4 heteroatoms. The number of ether oxygens (including phenoxy) is 1. The van der Waals surface area contributed by atoms with E-state index >= 15 is 0 Å². The van der Waals surface area contributed by atoms with Crippen LogP contribution < -0.4 is 5.32 Å². The van der Waals surface area contributed by atoms with Gasteiger partial charge in [0.2, 0.25) is 5.91 Å². The van der Waals surface area contributed by atoms with Gasteiger partial charge in [-0.3, -0.25) is 4.79 Å². The highest BCUT2D eigenvalue weighted by Gasteiger charge is 2.68. The highest BCUT2D eigenvalue weighted by molar-refractivity contribution is 5.97. The maximum atomic E-state index is 14.4. The fourth-order valence-electron chi connectivity index (χ4n) is 5.83. The molecular weight excluding hydrogens is 372 g/mol. The summed E-state index contributed by atoms with van der Waals surface area (Å²) in [4.78, 5) is 16.4. The molecule has 2 fully saturated rings. The number of benzene rings is 3. The SMILES string of the molecule is C[C@@]12C[C@@]3(C(=O)N1[C@@H](c1ccccc1)CO2)c1ccccc1N[C@@H]3c1ccccc1. The Morgan fingerprint density at radius 3 is 2.27 bits per heavy atom. The highest BCUT2D eigenvalue weighted by atomic mass is 16.5. The minimum atomic E-state index is -0.680. The predicted molar refractivity (Wildman–Crippen MR) is 116 cm³/mol. The van der Waals surface area contributed by atoms with Crippen molar-refractivity contribution in [2.75, 3.05) is 11.9 Å². The Labute approximate surface area is 176 Å². The topological polar surface area (TPSA) is 41.6 Å². The number of amides is 1. The lowest BCUT2D eigenvalue weighted by atomic mass is 9.71. The molecule has 3 aliphatic rings. The Hall–Kier alpha value is -3.11. The van der Waals surface area contributed by atoms with Crippen molar-refractivity contribution in [1.29, 1.82) is 0 Å². The molecule has 1 N–H and O–H groups in total. The lowest BCUT2D eigenvalue weighted by Gasteiger charge is -2.32.